The third kappa shape index (κ3) is 4.58. The molecule has 7 heteroatoms. The van der Waals surface area contributed by atoms with Crippen molar-refractivity contribution in [3.05, 3.63) is 33.3 Å². The van der Waals surface area contributed by atoms with Gasteiger partial charge in [0.1, 0.15) is 0 Å². The number of carbonyl (C=O) groups is 1. The van der Waals surface area contributed by atoms with Crippen molar-refractivity contribution >= 4 is 28.9 Å². The van der Waals surface area contributed by atoms with E-state index in [0.29, 0.717) is 30.1 Å². The van der Waals surface area contributed by atoms with Crippen LogP contribution in [-0.4, -0.2) is 22.5 Å². The van der Waals surface area contributed by atoms with Crippen LogP contribution in [0.4, 0.5) is 11.4 Å². The maximum absolute atomic E-state index is 10.6. The number of non-ortho nitro benzene ring substituents is 1. The molecule has 0 bridgehead atoms. The maximum Gasteiger partial charge on any atom is 0.303 e. The molecular formula is C11H13ClN2O4. The highest BCUT2D eigenvalue weighted by Crippen LogP contribution is 2.26. The van der Waals surface area contributed by atoms with E-state index in [-0.39, 0.29) is 12.1 Å². The van der Waals surface area contributed by atoms with Crippen LogP contribution in [0.2, 0.25) is 5.02 Å². The van der Waals surface area contributed by atoms with E-state index in [2.05, 4.69) is 5.32 Å². The number of nitrogens with one attached hydrogen (secondary N) is 1. The minimum Gasteiger partial charge on any atom is -0.481 e. The molecule has 2 N–H and O–H groups in total. The Labute approximate surface area is 109 Å². The Kier molecular flexibility index (Phi) is 5.38. The van der Waals surface area contributed by atoms with Crippen molar-refractivity contribution in [2.24, 2.45) is 0 Å². The lowest BCUT2D eigenvalue weighted by atomic mass is 10.2. The zero-order valence-electron chi connectivity index (χ0n) is 9.56. The molecule has 0 aliphatic rings. The molecule has 0 aliphatic carbocycles. The van der Waals surface area contributed by atoms with Crippen molar-refractivity contribution in [3.63, 3.8) is 0 Å². The number of carboxylic acids is 1. The highest BCUT2D eigenvalue weighted by molar-refractivity contribution is 6.33. The number of rotatable bonds is 7. The lowest BCUT2D eigenvalue weighted by Gasteiger charge is -2.07. The number of benzene rings is 1. The Bertz CT molecular complexity index is 451. The third-order valence-corrected chi connectivity index (χ3v) is 2.62. The van der Waals surface area contributed by atoms with Gasteiger partial charge in [-0.2, -0.15) is 0 Å². The molecule has 0 radical (unpaired) electrons. The van der Waals surface area contributed by atoms with Crippen molar-refractivity contribution in [2.75, 3.05) is 11.9 Å². The Balaban J connectivity index is 2.48. The molecule has 18 heavy (non-hydrogen) atoms. The van der Waals surface area contributed by atoms with Crippen molar-refractivity contribution in [2.45, 2.75) is 19.3 Å². The fourth-order valence-electron chi connectivity index (χ4n) is 1.39. The van der Waals surface area contributed by atoms with Gasteiger partial charge in [0.15, 0.2) is 0 Å². The first-order valence-corrected chi connectivity index (χ1v) is 5.78. The zero-order valence-corrected chi connectivity index (χ0v) is 10.3. The molecule has 0 fully saturated rings. The number of aliphatic carboxylic acids is 1. The second-order valence-electron chi connectivity index (χ2n) is 3.70. The molecule has 0 saturated heterocycles. The molecule has 0 saturated carbocycles. The van der Waals surface area contributed by atoms with Crippen LogP contribution in [0, 0.1) is 10.1 Å². The van der Waals surface area contributed by atoms with Gasteiger partial charge in [-0.15, -0.1) is 0 Å². The number of nitro groups is 1. The molecule has 0 aliphatic heterocycles. The van der Waals surface area contributed by atoms with E-state index in [9.17, 15) is 14.9 Å². The van der Waals surface area contributed by atoms with Gasteiger partial charge in [-0.25, -0.2) is 0 Å². The number of carboxylic acid groups (broad SMARTS) is 1. The maximum atomic E-state index is 10.6. The summed E-state index contributed by atoms with van der Waals surface area (Å²) in [5.41, 5.74) is 0.452. The van der Waals surface area contributed by atoms with Crippen LogP contribution in [0.15, 0.2) is 18.2 Å². The number of nitro benzene ring substituents is 1. The lowest BCUT2D eigenvalue weighted by Crippen LogP contribution is -2.04. The molecule has 1 aromatic rings. The highest BCUT2D eigenvalue weighted by atomic mass is 35.5. The van der Waals surface area contributed by atoms with Gasteiger partial charge in [-0.1, -0.05) is 11.6 Å². The van der Waals surface area contributed by atoms with Crippen LogP contribution in [-0.2, 0) is 4.79 Å². The number of hydrogen-bond acceptors (Lipinski definition) is 4. The second kappa shape index (κ2) is 6.80. The molecule has 6 nitrogen and oxygen atoms in total. The lowest BCUT2D eigenvalue weighted by molar-refractivity contribution is -0.384. The van der Waals surface area contributed by atoms with E-state index < -0.39 is 10.9 Å². The van der Waals surface area contributed by atoms with Crippen molar-refractivity contribution in [3.8, 4) is 0 Å². The second-order valence-corrected chi connectivity index (χ2v) is 4.11. The van der Waals surface area contributed by atoms with E-state index in [1.807, 2.05) is 0 Å². The molecule has 1 aromatic carbocycles. The first-order chi connectivity index (χ1) is 8.50. The van der Waals surface area contributed by atoms with E-state index in [4.69, 9.17) is 16.7 Å². The largest absolute Gasteiger partial charge is 0.481 e. The summed E-state index contributed by atoms with van der Waals surface area (Å²) < 4.78 is 0. The van der Waals surface area contributed by atoms with Gasteiger partial charge in [-0.3, -0.25) is 14.9 Å². The average Bonchev–Trinajstić information content (AvgIpc) is 2.30. The molecular weight excluding hydrogens is 260 g/mol. The molecule has 0 spiro atoms. The third-order valence-electron chi connectivity index (χ3n) is 2.29. The monoisotopic (exact) mass is 272 g/mol. The Morgan fingerprint density at radius 1 is 1.44 bits per heavy atom. The predicted octanol–water partition coefficient (Wildman–Crippen LogP) is 2.92. The summed E-state index contributed by atoms with van der Waals surface area (Å²) >= 11 is 5.88. The van der Waals surface area contributed by atoms with Gasteiger partial charge in [0.05, 0.1) is 15.6 Å². The van der Waals surface area contributed by atoms with Gasteiger partial charge < -0.3 is 10.4 Å². The summed E-state index contributed by atoms with van der Waals surface area (Å²) in [7, 11) is 0. The normalized spacial score (nSPS) is 10.1. The van der Waals surface area contributed by atoms with Gasteiger partial charge in [0.25, 0.3) is 5.69 Å². The van der Waals surface area contributed by atoms with Crippen molar-refractivity contribution in [1.82, 2.24) is 0 Å². The topological polar surface area (TPSA) is 92.5 Å². The standard InChI is InChI=1S/C11H13ClN2O4/c12-9-5-4-8(14(17)18)7-10(9)13-6-2-1-3-11(15)16/h4-5,7,13H,1-3,6H2,(H,15,16). The first-order valence-electron chi connectivity index (χ1n) is 5.40. The fourth-order valence-corrected chi connectivity index (χ4v) is 1.57. The zero-order chi connectivity index (χ0) is 13.5. The molecule has 0 unspecified atom stereocenters. The van der Waals surface area contributed by atoms with Crippen LogP contribution in [0.1, 0.15) is 19.3 Å². The number of halogens is 1. The first kappa shape index (κ1) is 14.2. The van der Waals surface area contributed by atoms with Crippen LogP contribution in [0.5, 0.6) is 0 Å². The average molecular weight is 273 g/mol. The highest BCUT2D eigenvalue weighted by Gasteiger charge is 2.09. The number of hydrogen-bond donors (Lipinski definition) is 2. The quantitative estimate of drug-likeness (QED) is 0.452. The van der Waals surface area contributed by atoms with E-state index in [1.165, 1.54) is 18.2 Å². The van der Waals surface area contributed by atoms with E-state index in [1.54, 1.807) is 0 Å². The van der Waals surface area contributed by atoms with Gasteiger partial charge >= 0.3 is 5.97 Å². The fraction of sp³-hybridized carbons (Fsp3) is 0.364. The summed E-state index contributed by atoms with van der Waals surface area (Å²) in [6.45, 7) is 0.522. The molecule has 0 aromatic heterocycles. The molecule has 0 atom stereocenters. The number of nitrogens with zero attached hydrogens (tertiary/aromatic N) is 1. The Hall–Kier alpha value is -1.82. The molecule has 0 amide bonds. The summed E-state index contributed by atoms with van der Waals surface area (Å²) in [6.07, 6.45) is 1.32. The van der Waals surface area contributed by atoms with Crippen LogP contribution in [0.3, 0.4) is 0 Å². The van der Waals surface area contributed by atoms with Gasteiger partial charge in [0.2, 0.25) is 0 Å². The number of anilines is 1. The van der Waals surface area contributed by atoms with Crippen molar-refractivity contribution in [1.29, 1.82) is 0 Å². The molecule has 1 rings (SSSR count). The van der Waals surface area contributed by atoms with Crippen molar-refractivity contribution < 1.29 is 14.8 Å². The number of unbranched alkanes of at least 4 members (excludes halogenated alkanes) is 1. The van der Waals surface area contributed by atoms with Crippen LogP contribution in [0.25, 0.3) is 0 Å². The summed E-state index contributed by atoms with van der Waals surface area (Å²) in [4.78, 5) is 20.4. The predicted molar refractivity (Wildman–Crippen MR) is 68.1 cm³/mol. The van der Waals surface area contributed by atoms with Gasteiger partial charge in [-0.05, 0) is 18.9 Å². The molecule has 0 heterocycles. The van der Waals surface area contributed by atoms with Gasteiger partial charge in [0, 0.05) is 25.1 Å². The Morgan fingerprint density at radius 3 is 2.78 bits per heavy atom. The summed E-state index contributed by atoms with van der Waals surface area (Å²) in [6, 6.07) is 4.15. The smallest absolute Gasteiger partial charge is 0.303 e. The van der Waals surface area contributed by atoms with E-state index in [0.717, 1.165) is 0 Å². The summed E-state index contributed by atoms with van der Waals surface area (Å²) in [5.74, 6) is -0.830. The SMILES string of the molecule is O=C(O)CCCCNc1cc([N+](=O)[O-])ccc1Cl. The molecule has 98 valence electrons. The van der Waals surface area contributed by atoms with Crippen LogP contribution >= 0.6 is 11.6 Å². The minimum absolute atomic E-state index is 0.0348. The minimum atomic E-state index is -0.830. The summed E-state index contributed by atoms with van der Waals surface area (Å²) in [5, 5.41) is 22.4. The van der Waals surface area contributed by atoms with Crippen LogP contribution < -0.4 is 5.32 Å². The van der Waals surface area contributed by atoms with E-state index >= 15 is 0 Å². The Morgan fingerprint density at radius 2 is 2.17 bits per heavy atom.